The quantitative estimate of drug-likeness (QED) is 0.888. The van der Waals surface area contributed by atoms with E-state index in [4.69, 9.17) is 4.74 Å². The van der Waals surface area contributed by atoms with Gasteiger partial charge in [-0.1, -0.05) is 50.6 Å². The van der Waals surface area contributed by atoms with Crippen molar-refractivity contribution in [2.45, 2.75) is 45.8 Å². The van der Waals surface area contributed by atoms with E-state index in [2.05, 4.69) is 19.2 Å². The molecule has 1 aliphatic carbocycles. The van der Waals surface area contributed by atoms with E-state index in [0.717, 1.165) is 18.4 Å². The molecule has 1 N–H and O–H groups in total. The number of carbonyl (C=O) groups excluding carboxylic acids is 1. The van der Waals surface area contributed by atoms with Crippen LogP contribution in [0.15, 0.2) is 30.3 Å². The van der Waals surface area contributed by atoms with Crippen LogP contribution in [0, 0.1) is 5.41 Å². The van der Waals surface area contributed by atoms with Crippen LogP contribution in [0.2, 0.25) is 0 Å². The van der Waals surface area contributed by atoms with Crippen LogP contribution in [0.4, 0.5) is 4.79 Å². The van der Waals surface area contributed by atoms with Gasteiger partial charge in [0.1, 0.15) is 6.61 Å². The van der Waals surface area contributed by atoms with Crippen molar-refractivity contribution in [2.75, 3.05) is 0 Å². The SMILES string of the molecule is CC1(C)CCCC1NC(=O)OCc1ccccc1. The second-order valence-corrected chi connectivity index (χ2v) is 5.64. The smallest absolute Gasteiger partial charge is 0.407 e. The van der Waals surface area contributed by atoms with Gasteiger partial charge in [-0.05, 0) is 23.8 Å². The van der Waals surface area contributed by atoms with Crippen LogP contribution >= 0.6 is 0 Å². The Hall–Kier alpha value is -1.51. The third kappa shape index (κ3) is 3.25. The van der Waals surface area contributed by atoms with Crippen molar-refractivity contribution in [1.82, 2.24) is 5.32 Å². The predicted octanol–water partition coefficient (Wildman–Crippen LogP) is 3.49. The normalized spacial score (nSPS) is 21.6. The molecule has 1 amide bonds. The van der Waals surface area contributed by atoms with Crippen LogP contribution in [0.3, 0.4) is 0 Å². The summed E-state index contributed by atoms with van der Waals surface area (Å²) in [7, 11) is 0. The highest BCUT2D eigenvalue weighted by atomic mass is 16.5. The van der Waals surface area contributed by atoms with Crippen LogP contribution in [0.25, 0.3) is 0 Å². The first-order valence-electron chi connectivity index (χ1n) is 6.55. The first-order valence-corrected chi connectivity index (χ1v) is 6.55. The lowest BCUT2D eigenvalue weighted by Crippen LogP contribution is -2.41. The third-order valence-corrected chi connectivity index (χ3v) is 3.76. The Kier molecular flexibility index (Phi) is 3.90. The van der Waals surface area contributed by atoms with E-state index in [9.17, 15) is 4.79 Å². The molecule has 1 aromatic rings. The molecule has 3 heteroatoms. The summed E-state index contributed by atoms with van der Waals surface area (Å²) < 4.78 is 5.23. The molecule has 1 unspecified atom stereocenters. The van der Waals surface area contributed by atoms with Crippen LogP contribution in [0.1, 0.15) is 38.7 Å². The largest absolute Gasteiger partial charge is 0.445 e. The summed E-state index contributed by atoms with van der Waals surface area (Å²) in [4.78, 5) is 11.7. The number of hydrogen-bond acceptors (Lipinski definition) is 2. The van der Waals surface area contributed by atoms with Crippen LogP contribution in [-0.2, 0) is 11.3 Å². The van der Waals surface area contributed by atoms with Gasteiger partial charge in [0.2, 0.25) is 0 Å². The van der Waals surface area contributed by atoms with E-state index in [-0.39, 0.29) is 17.6 Å². The number of carbonyl (C=O) groups is 1. The Morgan fingerprint density at radius 1 is 1.39 bits per heavy atom. The Labute approximate surface area is 109 Å². The number of amides is 1. The molecule has 2 rings (SSSR count). The van der Waals surface area contributed by atoms with Gasteiger partial charge in [0.25, 0.3) is 0 Å². The Morgan fingerprint density at radius 2 is 2.11 bits per heavy atom. The molecule has 1 aromatic carbocycles. The highest BCUT2D eigenvalue weighted by Crippen LogP contribution is 2.37. The molecular weight excluding hydrogens is 226 g/mol. The molecule has 18 heavy (non-hydrogen) atoms. The summed E-state index contributed by atoms with van der Waals surface area (Å²) in [6.07, 6.45) is 3.08. The maximum absolute atomic E-state index is 11.7. The maximum atomic E-state index is 11.7. The van der Waals surface area contributed by atoms with Gasteiger partial charge in [-0.25, -0.2) is 4.79 Å². The fraction of sp³-hybridized carbons (Fsp3) is 0.533. The molecule has 0 spiro atoms. The standard InChI is InChI=1S/C15H21NO2/c1-15(2)10-6-9-13(15)16-14(17)18-11-12-7-4-3-5-8-12/h3-5,7-8,13H,6,9-11H2,1-2H3,(H,16,17). The number of hydrogen-bond donors (Lipinski definition) is 1. The van der Waals surface area contributed by atoms with Gasteiger partial charge in [0, 0.05) is 6.04 Å². The van der Waals surface area contributed by atoms with Crippen molar-refractivity contribution in [3.63, 3.8) is 0 Å². The van der Waals surface area contributed by atoms with Crippen molar-refractivity contribution < 1.29 is 9.53 Å². The zero-order chi connectivity index (χ0) is 13.0. The molecule has 98 valence electrons. The molecular formula is C15H21NO2. The van der Waals surface area contributed by atoms with Gasteiger partial charge in [0.15, 0.2) is 0 Å². The predicted molar refractivity (Wildman–Crippen MR) is 71.2 cm³/mol. The third-order valence-electron chi connectivity index (χ3n) is 3.76. The Bertz CT molecular complexity index is 400. The lowest BCUT2D eigenvalue weighted by molar-refractivity contribution is 0.128. The van der Waals surface area contributed by atoms with E-state index in [1.165, 1.54) is 6.42 Å². The number of ether oxygens (including phenoxy) is 1. The van der Waals surface area contributed by atoms with E-state index < -0.39 is 0 Å². The van der Waals surface area contributed by atoms with E-state index >= 15 is 0 Å². The Balaban J connectivity index is 1.79. The maximum Gasteiger partial charge on any atom is 0.407 e. The molecule has 1 fully saturated rings. The summed E-state index contributed by atoms with van der Waals surface area (Å²) >= 11 is 0. The second-order valence-electron chi connectivity index (χ2n) is 5.64. The van der Waals surface area contributed by atoms with Gasteiger partial charge >= 0.3 is 6.09 Å². The average molecular weight is 247 g/mol. The van der Waals surface area contributed by atoms with Gasteiger partial charge in [-0.15, -0.1) is 0 Å². The number of alkyl carbamates (subject to hydrolysis) is 1. The topological polar surface area (TPSA) is 38.3 Å². The minimum absolute atomic E-state index is 0.186. The molecule has 0 radical (unpaired) electrons. The minimum Gasteiger partial charge on any atom is -0.445 e. The molecule has 1 aliphatic rings. The summed E-state index contributed by atoms with van der Waals surface area (Å²) in [5, 5.41) is 2.98. The molecule has 1 saturated carbocycles. The van der Waals surface area contributed by atoms with E-state index in [0.29, 0.717) is 6.61 Å². The van der Waals surface area contributed by atoms with E-state index in [1.54, 1.807) is 0 Å². The van der Waals surface area contributed by atoms with E-state index in [1.807, 2.05) is 30.3 Å². The first-order chi connectivity index (χ1) is 8.58. The number of nitrogens with one attached hydrogen (secondary N) is 1. The highest BCUT2D eigenvalue weighted by molar-refractivity contribution is 5.67. The van der Waals surface area contributed by atoms with Gasteiger partial charge in [-0.2, -0.15) is 0 Å². The van der Waals surface area contributed by atoms with Crippen molar-refractivity contribution in [3.05, 3.63) is 35.9 Å². The highest BCUT2D eigenvalue weighted by Gasteiger charge is 2.35. The summed E-state index contributed by atoms with van der Waals surface area (Å²) in [5.74, 6) is 0. The lowest BCUT2D eigenvalue weighted by Gasteiger charge is -2.27. The Morgan fingerprint density at radius 3 is 2.72 bits per heavy atom. The fourth-order valence-corrected chi connectivity index (χ4v) is 2.50. The summed E-state index contributed by atoms with van der Waals surface area (Å²) in [5.41, 5.74) is 1.20. The van der Waals surface area contributed by atoms with Crippen LogP contribution in [-0.4, -0.2) is 12.1 Å². The number of rotatable bonds is 3. The fourth-order valence-electron chi connectivity index (χ4n) is 2.50. The first kappa shape index (κ1) is 12.9. The lowest BCUT2D eigenvalue weighted by atomic mass is 9.87. The summed E-state index contributed by atoms with van der Waals surface area (Å²) in [6.45, 7) is 4.73. The van der Waals surface area contributed by atoms with Crippen molar-refractivity contribution in [1.29, 1.82) is 0 Å². The zero-order valence-corrected chi connectivity index (χ0v) is 11.1. The van der Waals surface area contributed by atoms with Gasteiger partial charge < -0.3 is 10.1 Å². The average Bonchev–Trinajstić information content (AvgIpc) is 2.68. The molecule has 0 heterocycles. The summed E-state index contributed by atoms with van der Waals surface area (Å²) in [6, 6.07) is 9.97. The molecule has 3 nitrogen and oxygen atoms in total. The minimum atomic E-state index is -0.307. The molecule has 0 saturated heterocycles. The van der Waals surface area contributed by atoms with Crippen LogP contribution in [0.5, 0.6) is 0 Å². The second kappa shape index (κ2) is 5.42. The zero-order valence-electron chi connectivity index (χ0n) is 11.1. The molecule has 0 aliphatic heterocycles. The van der Waals surface area contributed by atoms with Crippen molar-refractivity contribution in [2.24, 2.45) is 5.41 Å². The van der Waals surface area contributed by atoms with Crippen molar-refractivity contribution >= 4 is 6.09 Å². The van der Waals surface area contributed by atoms with Crippen LogP contribution < -0.4 is 5.32 Å². The molecule has 0 bridgehead atoms. The van der Waals surface area contributed by atoms with Crippen molar-refractivity contribution in [3.8, 4) is 0 Å². The van der Waals surface area contributed by atoms with Gasteiger partial charge in [0.05, 0.1) is 0 Å². The molecule has 0 aromatic heterocycles. The molecule has 1 atom stereocenters. The van der Waals surface area contributed by atoms with Gasteiger partial charge in [-0.3, -0.25) is 0 Å². The number of benzene rings is 1. The monoisotopic (exact) mass is 247 g/mol.